The van der Waals surface area contributed by atoms with E-state index in [1.54, 1.807) is 35.2 Å². The summed E-state index contributed by atoms with van der Waals surface area (Å²) in [7, 11) is -3.53. The minimum absolute atomic E-state index is 0.206. The van der Waals surface area contributed by atoms with Crippen LogP contribution in [0.1, 0.15) is 49.4 Å². The number of rotatable bonds is 14. The molecule has 3 aromatic rings. The van der Waals surface area contributed by atoms with Gasteiger partial charge in [-0.1, -0.05) is 37.6 Å². The molecule has 0 spiro atoms. The Morgan fingerprint density at radius 3 is 2.54 bits per heavy atom. The van der Waals surface area contributed by atoms with Gasteiger partial charge in [0, 0.05) is 30.2 Å². The molecule has 37 heavy (non-hydrogen) atoms. The first kappa shape index (κ1) is 29.1. The molecule has 0 aliphatic rings. The van der Waals surface area contributed by atoms with Gasteiger partial charge in [-0.25, -0.2) is 13.1 Å². The Balaban J connectivity index is 1.81. The van der Waals surface area contributed by atoms with Gasteiger partial charge in [0.2, 0.25) is 15.9 Å². The number of nitrogens with two attached hydrogens (primary N) is 1. The number of sulfonamides is 1. The van der Waals surface area contributed by atoms with Crippen LogP contribution in [0.3, 0.4) is 0 Å². The predicted octanol–water partition coefficient (Wildman–Crippen LogP) is 5.15. The predicted molar refractivity (Wildman–Crippen MR) is 150 cm³/mol. The van der Waals surface area contributed by atoms with Gasteiger partial charge in [-0.15, -0.1) is 0 Å². The molecule has 1 amide bonds. The highest BCUT2D eigenvalue weighted by Gasteiger charge is 2.24. The molecule has 0 aliphatic heterocycles. The van der Waals surface area contributed by atoms with Gasteiger partial charge >= 0.3 is 0 Å². The monoisotopic (exact) mass is 563 g/mol. The average molecular weight is 564 g/mol. The number of thiophene rings is 1. The largest absolute Gasteiger partial charge is 0.493 e. The van der Waals surface area contributed by atoms with E-state index >= 15 is 0 Å². The van der Waals surface area contributed by atoms with Crippen LogP contribution in [-0.2, 0) is 27.8 Å². The van der Waals surface area contributed by atoms with E-state index in [4.69, 9.17) is 22.1 Å². The van der Waals surface area contributed by atoms with Gasteiger partial charge in [0.1, 0.15) is 11.8 Å². The number of nitrogens with one attached hydrogen (secondary N) is 1. The second-order valence-corrected chi connectivity index (χ2v) is 11.7. The quantitative estimate of drug-likeness (QED) is 0.282. The molecule has 10 heteroatoms. The van der Waals surface area contributed by atoms with Crippen LogP contribution < -0.4 is 15.2 Å². The van der Waals surface area contributed by atoms with Gasteiger partial charge in [-0.3, -0.25) is 4.79 Å². The summed E-state index contributed by atoms with van der Waals surface area (Å²) in [5.41, 5.74) is 8.82. The lowest BCUT2D eigenvalue weighted by Crippen LogP contribution is -2.39. The summed E-state index contributed by atoms with van der Waals surface area (Å²) in [6.45, 7) is 5.55. The maximum Gasteiger partial charge on any atom is 0.244 e. The van der Waals surface area contributed by atoms with E-state index in [2.05, 4.69) is 4.72 Å². The van der Waals surface area contributed by atoms with Crippen LogP contribution in [0.4, 0.5) is 0 Å². The maximum absolute atomic E-state index is 13.5. The summed E-state index contributed by atoms with van der Waals surface area (Å²) in [4.78, 5) is 15.4. The Kier molecular flexibility index (Phi) is 11.0. The van der Waals surface area contributed by atoms with Gasteiger partial charge in [-0.2, -0.15) is 11.3 Å². The molecule has 1 aromatic heterocycles. The van der Waals surface area contributed by atoms with Crippen molar-refractivity contribution in [3.63, 3.8) is 0 Å². The van der Waals surface area contributed by atoms with E-state index < -0.39 is 16.1 Å². The third kappa shape index (κ3) is 8.28. The fraction of sp³-hybridized carbons (Fsp3) is 0.370. The summed E-state index contributed by atoms with van der Waals surface area (Å²) >= 11 is 7.77. The molecule has 1 heterocycles. The summed E-state index contributed by atoms with van der Waals surface area (Å²) in [6.07, 6.45) is 2.09. The van der Waals surface area contributed by atoms with E-state index in [9.17, 15) is 13.2 Å². The lowest BCUT2D eigenvalue weighted by molar-refractivity contribution is -0.133. The van der Waals surface area contributed by atoms with Crippen molar-refractivity contribution in [1.82, 2.24) is 9.62 Å². The first-order valence-corrected chi connectivity index (χ1v) is 15.1. The van der Waals surface area contributed by atoms with E-state index in [0.29, 0.717) is 43.3 Å². The van der Waals surface area contributed by atoms with Crippen molar-refractivity contribution in [2.24, 2.45) is 5.73 Å². The van der Waals surface area contributed by atoms with Crippen molar-refractivity contribution in [3.8, 4) is 5.75 Å². The lowest BCUT2D eigenvalue weighted by Gasteiger charge is -2.27. The number of halogens is 1. The van der Waals surface area contributed by atoms with E-state index in [0.717, 1.165) is 23.1 Å². The standard InChI is InChI=1S/C27H34ClN3O4S2/c1-3-13-30-37(33,34)24-8-5-20(6-9-24)11-14-31(27(32)26(29)21-12-16-36-19-21)18-22-17-23(28)7-10-25(22)35-15-4-2/h5-10,12,16-17,19,26,30H,3-4,11,13-15,18,29H2,1-2H3/t26-/m1/s1. The van der Waals surface area contributed by atoms with Gasteiger partial charge in [0.05, 0.1) is 11.5 Å². The second-order valence-electron chi connectivity index (χ2n) is 8.69. The SMILES string of the molecule is CCCNS(=O)(=O)c1ccc(CCN(Cc2cc(Cl)ccc2OCCC)C(=O)[C@H](N)c2ccsc2)cc1. The molecule has 0 radical (unpaired) electrons. The van der Waals surface area contributed by atoms with Crippen LogP contribution in [-0.4, -0.2) is 38.9 Å². The average Bonchev–Trinajstić information content (AvgIpc) is 3.44. The van der Waals surface area contributed by atoms with Crippen molar-refractivity contribution in [2.75, 3.05) is 19.7 Å². The highest BCUT2D eigenvalue weighted by Crippen LogP contribution is 2.26. The van der Waals surface area contributed by atoms with Gasteiger partial charge < -0.3 is 15.4 Å². The van der Waals surface area contributed by atoms with Crippen molar-refractivity contribution in [1.29, 1.82) is 0 Å². The summed E-state index contributed by atoms with van der Waals surface area (Å²) < 4.78 is 33.2. The number of nitrogens with zero attached hydrogens (tertiary/aromatic N) is 1. The fourth-order valence-corrected chi connectivity index (χ4v) is 5.73. The Hall–Kier alpha value is -2.43. The van der Waals surface area contributed by atoms with Crippen LogP contribution in [0.25, 0.3) is 0 Å². The second kappa shape index (κ2) is 13.9. The number of benzene rings is 2. The summed E-state index contributed by atoms with van der Waals surface area (Å²) in [5.74, 6) is 0.477. The van der Waals surface area contributed by atoms with Crippen molar-refractivity contribution in [3.05, 3.63) is 81.0 Å². The van der Waals surface area contributed by atoms with Gasteiger partial charge in [0.15, 0.2) is 0 Å². The van der Waals surface area contributed by atoms with E-state index in [-0.39, 0.29) is 17.3 Å². The molecule has 0 fully saturated rings. The number of hydrogen-bond donors (Lipinski definition) is 2. The number of carbonyl (C=O) groups is 1. The Morgan fingerprint density at radius 1 is 1.14 bits per heavy atom. The number of carbonyl (C=O) groups excluding carboxylic acids is 1. The molecular formula is C27H34ClN3O4S2. The highest BCUT2D eigenvalue weighted by molar-refractivity contribution is 7.89. The molecule has 200 valence electrons. The van der Waals surface area contributed by atoms with Crippen molar-refractivity contribution >= 4 is 38.9 Å². The molecule has 3 rings (SSSR count). The fourth-order valence-electron chi connectivity index (χ4n) is 3.71. The molecule has 1 atom stereocenters. The van der Waals surface area contributed by atoms with Crippen molar-refractivity contribution < 1.29 is 17.9 Å². The first-order chi connectivity index (χ1) is 17.7. The molecule has 2 aromatic carbocycles. The highest BCUT2D eigenvalue weighted by atomic mass is 35.5. The number of ether oxygens (including phenoxy) is 1. The molecule has 0 aliphatic carbocycles. The van der Waals surface area contributed by atoms with Crippen LogP contribution in [0, 0.1) is 0 Å². The summed E-state index contributed by atoms with van der Waals surface area (Å²) in [5, 5.41) is 4.33. The summed E-state index contributed by atoms with van der Waals surface area (Å²) in [6, 6.07) is 13.2. The lowest BCUT2D eigenvalue weighted by atomic mass is 10.1. The normalized spacial score (nSPS) is 12.3. The van der Waals surface area contributed by atoms with E-state index in [1.165, 1.54) is 11.3 Å². The zero-order valence-electron chi connectivity index (χ0n) is 21.2. The van der Waals surface area contributed by atoms with Gasteiger partial charge in [0.25, 0.3) is 0 Å². The third-order valence-corrected chi connectivity index (χ3v) is 8.19. The molecule has 3 N–H and O–H groups in total. The Bertz CT molecular complexity index is 1250. The van der Waals surface area contributed by atoms with Gasteiger partial charge in [-0.05, 0) is 77.5 Å². The Labute approximate surface area is 228 Å². The smallest absolute Gasteiger partial charge is 0.244 e. The molecule has 0 unspecified atom stereocenters. The molecule has 0 saturated heterocycles. The first-order valence-electron chi connectivity index (χ1n) is 12.3. The topological polar surface area (TPSA) is 102 Å². The molecule has 7 nitrogen and oxygen atoms in total. The molecule has 0 bridgehead atoms. The molecule has 0 saturated carbocycles. The number of hydrogen-bond acceptors (Lipinski definition) is 6. The van der Waals surface area contributed by atoms with Crippen molar-refractivity contribution in [2.45, 2.75) is 50.6 Å². The zero-order chi connectivity index (χ0) is 26.8. The van der Waals surface area contributed by atoms with Crippen LogP contribution in [0.15, 0.2) is 64.2 Å². The van der Waals surface area contributed by atoms with Crippen LogP contribution >= 0.6 is 22.9 Å². The molecular weight excluding hydrogens is 530 g/mol. The van der Waals surface area contributed by atoms with E-state index in [1.807, 2.05) is 42.8 Å². The van der Waals surface area contributed by atoms with Crippen LogP contribution in [0.5, 0.6) is 5.75 Å². The third-order valence-electron chi connectivity index (χ3n) is 5.77. The minimum Gasteiger partial charge on any atom is -0.493 e. The number of amides is 1. The zero-order valence-corrected chi connectivity index (χ0v) is 23.5. The maximum atomic E-state index is 13.5. The Morgan fingerprint density at radius 2 is 1.89 bits per heavy atom. The minimum atomic E-state index is -3.53. The van der Waals surface area contributed by atoms with Crippen LogP contribution in [0.2, 0.25) is 5.02 Å².